The van der Waals surface area contributed by atoms with Crippen molar-refractivity contribution in [2.45, 2.75) is 19.3 Å². The van der Waals surface area contributed by atoms with Crippen molar-refractivity contribution in [1.29, 1.82) is 0 Å². The number of carbonyl (C=O) groups excluding carboxylic acids is 1. The number of aliphatic hydroxyl groups excluding tert-OH is 1. The van der Waals surface area contributed by atoms with Gasteiger partial charge >= 0.3 is 0 Å². The third-order valence-corrected chi connectivity index (χ3v) is 2.95. The third kappa shape index (κ3) is 2.97. The number of aliphatic hydroxyl groups is 1. The van der Waals surface area contributed by atoms with Crippen LogP contribution in [-0.2, 0) is 10.2 Å². The lowest BCUT2D eigenvalue weighted by atomic mass is 9.83. The molecule has 0 saturated carbocycles. The minimum absolute atomic E-state index is 0.0173. The highest BCUT2D eigenvalue weighted by Crippen LogP contribution is 2.26. The average Bonchev–Trinajstić information content (AvgIpc) is 2.29. The quantitative estimate of drug-likeness (QED) is 0.766. The predicted molar refractivity (Wildman–Crippen MR) is 68.6 cm³/mol. The van der Waals surface area contributed by atoms with Gasteiger partial charge in [0.25, 0.3) is 0 Å². The van der Waals surface area contributed by atoms with Gasteiger partial charge in [-0.3, -0.25) is 4.79 Å². The number of nitrogens with two attached hydrogens (primary N) is 1. The molecule has 17 heavy (non-hydrogen) atoms. The maximum atomic E-state index is 12.2. The Kier molecular flexibility index (Phi) is 4.12. The Labute approximate surface area is 102 Å². The summed E-state index contributed by atoms with van der Waals surface area (Å²) in [5, 5.41) is 8.85. The van der Waals surface area contributed by atoms with E-state index < -0.39 is 5.41 Å². The Morgan fingerprint density at radius 3 is 2.35 bits per heavy atom. The molecule has 0 unspecified atom stereocenters. The summed E-state index contributed by atoms with van der Waals surface area (Å²) in [6.07, 6.45) is 0. The van der Waals surface area contributed by atoms with Crippen LogP contribution < -0.4 is 5.73 Å². The second-order valence-corrected chi connectivity index (χ2v) is 4.70. The first-order chi connectivity index (χ1) is 7.89. The van der Waals surface area contributed by atoms with E-state index in [4.69, 9.17) is 10.8 Å². The molecule has 1 amide bonds. The molecule has 0 aliphatic heterocycles. The van der Waals surface area contributed by atoms with Gasteiger partial charge in [0.2, 0.25) is 5.91 Å². The highest BCUT2D eigenvalue weighted by molar-refractivity contribution is 5.87. The number of likely N-dealkylation sites (N-methyl/N-ethyl adjacent to an activating group) is 1. The van der Waals surface area contributed by atoms with Gasteiger partial charge < -0.3 is 15.7 Å². The lowest BCUT2D eigenvalue weighted by Gasteiger charge is -2.29. The zero-order chi connectivity index (χ0) is 13.1. The Hall–Kier alpha value is -1.55. The van der Waals surface area contributed by atoms with Gasteiger partial charge in [0.15, 0.2) is 0 Å². The van der Waals surface area contributed by atoms with Crippen molar-refractivity contribution in [3.63, 3.8) is 0 Å². The fourth-order valence-corrected chi connectivity index (χ4v) is 1.75. The van der Waals surface area contributed by atoms with E-state index in [1.807, 2.05) is 26.0 Å². The van der Waals surface area contributed by atoms with Gasteiger partial charge in [0.05, 0.1) is 12.0 Å². The molecule has 0 aromatic heterocycles. The number of benzene rings is 1. The average molecular weight is 236 g/mol. The number of hydrogen-bond donors (Lipinski definition) is 2. The Balaban J connectivity index is 2.93. The van der Waals surface area contributed by atoms with Crippen LogP contribution in [0.15, 0.2) is 24.3 Å². The second-order valence-electron chi connectivity index (χ2n) is 4.70. The Morgan fingerprint density at radius 1 is 1.35 bits per heavy atom. The first-order valence-electron chi connectivity index (χ1n) is 5.62. The molecular weight excluding hydrogens is 216 g/mol. The summed E-state index contributed by atoms with van der Waals surface area (Å²) in [4.78, 5) is 13.8. The molecule has 0 atom stereocenters. The summed E-state index contributed by atoms with van der Waals surface area (Å²) in [7, 11) is 1.69. The summed E-state index contributed by atoms with van der Waals surface area (Å²) >= 11 is 0. The highest BCUT2D eigenvalue weighted by atomic mass is 16.3. The minimum Gasteiger partial charge on any atom is -0.399 e. The summed E-state index contributed by atoms with van der Waals surface area (Å²) in [5.74, 6) is -0.0173. The van der Waals surface area contributed by atoms with Crippen LogP contribution in [-0.4, -0.2) is 36.1 Å². The number of rotatable bonds is 4. The van der Waals surface area contributed by atoms with Crippen LogP contribution in [0.25, 0.3) is 0 Å². The lowest BCUT2D eigenvalue weighted by Crippen LogP contribution is -2.42. The molecule has 0 fully saturated rings. The Morgan fingerprint density at radius 2 is 1.88 bits per heavy atom. The smallest absolute Gasteiger partial charge is 0.232 e. The molecule has 94 valence electrons. The van der Waals surface area contributed by atoms with Crippen LogP contribution in [0.2, 0.25) is 0 Å². The molecule has 4 heteroatoms. The summed E-state index contributed by atoms with van der Waals surface area (Å²) in [6, 6.07) is 7.30. The van der Waals surface area contributed by atoms with Crippen LogP contribution in [0.3, 0.4) is 0 Å². The molecule has 0 heterocycles. The number of carbonyl (C=O) groups is 1. The van der Waals surface area contributed by atoms with Gasteiger partial charge in [-0.15, -0.1) is 0 Å². The van der Waals surface area contributed by atoms with Crippen LogP contribution in [0, 0.1) is 0 Å². The molecule has 0 aliphatic carbocycles. The van der Waals surface area contributed by atoms with E-state index in [2.05, 4.69) is 0 Å². The number of nitrogen functional groups attached to an aromatic ring is 1. The fourth-order valence-electron chi connectivity index (χ4n) is 1.75. The van der Waals surface area contributed by atoms with Crippen molar-refractivity contribution >= 4 is 11.6 Å². The van der Waals surface area contributed by atoms with E-state index in [1.165, 1.54) is 4.90 Å². The molecule has 0 saturated heterocycles. The first kappa shape index (κ1) is 13.5. The standard InChI is InChI=1S/C13H20N2O2/c1-13(2,12(17)15(3)8-9-16)10-4-6-11(14)7-5-10/h4-7,16H,8-9,14H2,1-3H3. The Bertz CT molecular complexity index is 385. The van der Waals surface area contributed by atoms with Crippen molar-refractivity contribution < 1.29 is 9.90 Å². The third-order valence-electron chi connectivity index (χ3n) is 2.95. The van der Waals surface area contributed by atoms with Gasteiger partial charge in [-0.2, -0.15) is 0 Å². The monoisotopic (exact) mass is 236 g/mol. The number of hydrogen-bond acceptors (Lipinski definition) is 3. The molecule has 4 nitrogen and oxygen atoms in total. The van der Waals surface area contributed by atoms with Crippen molar-refractivity contribution in [3.05, 3.63) is 29.8 Å². The summed E-state index contributed by atoms with van der Waals surface area (Å²) in [6.45, 7) is 4.06. The van der Waals surface area contributed by atoms with Crippen LogP contribution in [0.1, 0.15) is 19.4 Å². The number of anilines is 1. The van der Waals surface area contributed by atoms with E-state index in [9.17, 15) is 4.79 Å². The molecule has 1 rings (SSSR count). The van der Waals surface area contributed by atoms with Crippen molar-refractivity contribution in [3.8, 4) is 0 Å². The highest BCUT2D eigenvalue weighted by Gasteiger charge is 2.31. The zero-order valence-electron chi connectivity index (χ0n) is 10.6. The summed E-state index contributed by atoms with van der Waals surface area (Å²) < 4.78 is 0. The van der Waals surface area contributed by atoms with E-state index in [0.29, 0.717) is 12.2 Å². The predicted octanol–water partition coefficient (Wildman–Crippen LogP) is 0.997. The topological polar surface area (TPSA) is 66.6 Å². The molecule has 1 aromatic carbocycles. The zero-order valence-corrected chi connectivity index (χ0v) is 10.6. The molecule has 0 aliphatic rings. The fraction of sp³-hybridized carbons (Fsp3) is 0.462. The lowest BCUT2D eigenvalue weighted by molar-refractivity contribution is -0.135. The number of amides is 1. The second kappa shape index (κ2) is 5.19. The molecular formula is C13H20N2O2. The first-order valence-corrected chi connectivity index (χ1v) is 5.62. The molecule has 0 bridgehead atoms. The van der Waals surface area contributed by atoms with E-state index in [1.54, 1.807) is 19.2 Å². The minimum atomic E-state index is -0.613. The van der Waals surface area contributed by atoms with Crippen LogP contribution in [0.5, 0.6) is 0 Å². The van der Waals surface area contributed by atoms with Crippen molar-refractivity contribution in [2.24, 2.45) is 0 Å². The van der Waals surface area contributed by atoms with Gasteiger partial charge in [0, 0.05) is 19.3 Å². The van der Waals surface area contributed by atoms with Gasteiger partial charge in [-0.1, -0.05) is 12.1 Å². The van der Waals surface area contributed by atoms with Gasteiger partial charge in [-0.05, 0) is 31.5 Å². The van der Waals surface area contributed by atoms with Crippen molar-refractivity contribution in [1.82, 2.24) is 4.90 Å². The SMILES string of the molecule is CN(CCO)C(=O)C(C)(C)c1ccc(N)cc1. The molecule has 0 radical (unpaired) electrons. The van der Waals surface area contributed by atoms with Crippen LogP contribution in [0.4, 0.5) is 5.69 Å². The van der Waals surface area contributed by atoms with Crippen LogP contribution >= 0.6 is 0 Å². The maximum absolute atomic E-state index is 12.2. The normalized spacial score (nSPS) is 11.3. The largest absolute Gasteiger partial charge is 0.399 e. The van der Waals surface area contributed by atoms with E-state index in [0.717, 1.165) is 5.56 Å². The molecule has 1 aromatic rings. The maximum Gasteiger partial charge on any atom is 0.232 e. The van der Waals surface area contributed by atoms with Gasteiger partial charge in [0.1, 0.15) is 0 Å². The van der Waals surface area contributed by atoms with Crippen molar-refractivity contribution in [2.75, 3.05) is 25.9 Å². The summed E-state index contributed by atoms with van der Waals surface area (Å²) in [5.41, 5.74) is 6.61. The molecule has 0 spiro atoms. The number of nitrogens with zero attached hydrogens (tertiary/aromatic N) is 1. The van der Waals surface area contributed by atoms with E-state index >= 15 is 0 Å². The van der Waals surface area contributed by atoms with Gasteiger partial charge in [-0.25, -0.2) is 0 Å². The van der Waals surface area contributed by atoms with E-state index in [-0.39, 0.29) is 12.5 Å². The molecule has 3 N–H and O–H groups in total.